The van der Waals surface area contributed by atoms with Crippen LogP contribution in [-0.2, 0) is 8.23 Å². The molecule has 1 aliphatic heterocycles. The first-order chi connectivity index (χ1) is 4.54. The molecule has 4 nitrogen and oxygen atoms in total. The maximum Gasteiger partial charge on any atom is 0.401 e. The van der Waals surface area contributed by atoms with Crippen LogP contribution in [0.4, 0.5) is 0 Å². The molecule has 0 saturated carbocycles. The van der Waals surface area contributed by atoms with Gasteiger partial charge in [0.15, 0.2) is 0 Å². The average molecular weight is 402 g/mol. The quantitative estimate of drug-likeness (QED) is 0.424. The molecule has 1 aliphatic rings. The maximum absolute atomic E-state index is 7.20. The van der Waals surface area contributed by atoms with Gasteiger partial charge in [-0.3, -0.25) is 7.12 Å². The Hall–Kier alpha value is 1.41. The van der Waals surface area contributed by atoms with E-state index in [1.54, 1.807) is 0 Å². The van der Waals surface area contributed by atoms with E-state index in [0.717, 1.165) is 0 Å². The summed E-state index contributed by atoms with van der Waals surface area (Å²) < 4.78 is 25.6. The van der Waals surface area contributed by atoms with Gasteiger partial charge in [0.25, 0.3) is 0 Å². The van der Waals surface area contributed by atoms with E-state index in [9.17, 15) is 0 Å². The summed E-state index contributed by atoms with van der Waals surface area (Å²) >= 11 is -1.21. The first-order valence-corrected chi connectivity index (χ1v) is 15.6. The lowest BCUT2D eigenvalue weighted by Crippen LogP contribution is -2.61. The first kappa shape index (κ1) is 9.50. The number of rotatable bonds is 2. The summed E-state index contributed by atoms with van der Waals surface area (Å²) in [5.41, 5.74) is 0. The maximum atomic E-state index is 7.20. The van der Waals surface area contributed by atoms with Crippen molar-refractivity contribution < 1.29 is 8.23 Å². The third kappa shape index (κ3) is 1.77. The third-order valence-corrected chi connectivity index (χ3v) is 21.4. The van der Waals surface area contributed by atoms with Crippen LogP contribution in [0.2, 0.25) is 13.1 Å². The molecule has 1 heterocycles. The molecule has 0 bridgehead atoms. The molecule has 8 heteroatoms. The first-order valence-electron chi connectivity index (χ1n) is 2.57. The summed E-state index contributed by atoms with van der Waals surface area (Å²) in [6.45, 7) is 3.89. The second kappa shape index (κ2) is 3.04. The van der Waals surface area contributed by atoms with Crippen LogP contribution in [0.15, 0.2) is 0 Å². The number of hydrogen-bond donors (Lipinski definition) is 2. The second-order valence-corrected chi connectivity index (χ2v) is 22.4. The molecule has 0 amide bonds. The van der Waals surface area contributed by atoms with Gasteiger partial charge in [-0.15, -0.1) is 0 Å². The molecule has 1 fully saturated rings. The van der Waals surface area contributed by atoms with Crippen molar-refractivity contribution in [3.05, 3.63) is 0 Å². The minimum Gasteiger partial charge on any atom is -0.400 e. The van der Waals surface area contributed by atoms with Crippen LogP contribution in [0.1, 0.15) is 0 Å². The van der Waals surface area contributed by atoms with E-state index in [0.29, 0.717) is 0 Å². The Bertz CT molecular complexity index is 164. The number of nitrogens with one attached hydrogen (secondary N) is 2. The highest BCUT2D eigenvalue weighted by Gasteiger charge is 2.57. The normalized spacial score (nSPS) is 46.6. The van der Waals surface area contributed by atoms with Gasteiger partial charge in [0.05, 0.1) is 0 Å². The Kier molecular flexibility index (Phi) is 2.89. The molecule has 0 aromatic heterocycles. The molecule has 10 heavy (non-hydrogen) atoms. The molecule has 0 radical (unpaired) electrons. The van der Waals surface area contributed by atoms with Crippen molar-refractivity contribution in [1.29, 1.82) is 7.12 Å². The van der Waals surface area contributed by atoms with Gasteiger partial charge in [0.1, 0.15) is 0 Å². The van der Waals surface area contributed by atoms with Crippen LogP contribution in [0.5, 0.6) is 0 Å². The Morgan fingerprint density at radius 2 is 1.30 bits per heavy atom. The summed E-state index contributed by atoms with van der Waals surface area (Å²) in [7, 11) is 0. The molecule has 1 rings (SSSR count). The van der Waals surface area contributed by atoms with Gasteiger partial charge in [-0.2, -0.15) is 0 Å². The van der Waals surface area contributed by atoms with Crippen LogP contribution in [0, 0.1) is 7.12 Å². The topological polar surface area (TPSA) is 66.2 Å². The van der Waals surface area contributed by atoms with E-state index in [-0.39, 0.29) is 0 Å². The monoisotopic (exact) mass is 402 g/mol. The predicted octanol–water partition coefficient (Wildman–Crippen LogP) is 2.64. The van der Waals surface area contributed by atoms with Crippen LogP contribution in [0.3, 0.4) is 0 Å². The van der Waals surface area contributed by atoms with Gasteiger partial charge in [0, 0.05) is 40.5 Å². The van der Waals surface area contributed by atoms with Gasteiger partial charge < -0.3 is 8.23 Å². The fourth-order valence-electron chi connectivity index (χ4n) is 0.736. The van der Waals surface area contributed by atoms with Gasteiger partial charge in [-0.25, -0.2) is 0 Å². The van der Waals surface area contributed by atoms with E-state index in [4.69, 9.17) is 15.4 Å². The molecule has 2 N–H and O–H groups in total. The van der Waals surface area contributed by atoms with Crippen LogP contribution in [0.25, 0.3) is 0 Å². The van der Waals surface area contributed by atoms with Crippen molar-refractivity contribution in [2.45, 2.75) is 13.1 Å². The molecule has 1 saturated heterocycles. The van der Waals surface area contributed by atoms with E-state index in [1.165, 1.54) is 0 Å². The minimum absolute atomic E-state index is 0.604. The minimum atomic E-state index is -1.88. The molecule has 60 valence electrons. The Morgan fingerprint density at radius 3 is 1.50 bits per heavy atom. The summed E-state index contributed by atoms with van der Waals surface area (Å²) in [6.07, 6.45) is 0. The smallest absolute Gasteiger partial charge is 0.400 e. The Balaban J connectivity index is 2.57. The van der Waals surface area contributed by atoms with Crippen molar-refractivity contribution in [3.8, 4) is 0 Å². The van der Waals surface area contributed by atoms with E-state index in [2.05, 4.69) is 0 Å². The molecule has 0 aliphatic carbocycles. The largest absolute Gasteiger partial charge is 0.401 e. The van der Waals surface area contributed by atoms with Crippen molar-refractivity contribution in [2.24, 2.45) is 0 Å². The molecular formula is C2H8I2N2O2Si2. The predicted molar refractivity (Wildman–Crippen MR) is 58.9 cm³/mol. The zero-order valence-electron chi connectivity index (χ0n) is 5.57. The van der Waals surface area contributed by atoms with Gasteiger partial charge in [-0.1, -0.05) is 0 Å². The SMILES string of the molecule is C[Si]1(I=N)O[Si](C)(I=N)O1. The Morgan fingerprint density at radius 1 is 1.00 bits per heavy atom. The van der Waals surface area contributed by atoms with E-state index < -0.39 is 52.6 Å². The van der Waals surface area contributed by atoms with Crippen molar-refractivity contribution in [1.82, 2.24) is 0 Å². The summed E-state index contributed by atoms with van der Waals surface area (Å²) in [4.78, 5) is 0. The number of hydrogen-bond acceptors (Lipinski definition) is 4. The van der Waals surface area contributed by atoms with Crippen molar-refractivity contribution >= 4 is 52.6 Å². The summed E-state index contributed by atoms with van der Waals surface area (Å²) in [6, 6.07) is -3.76. The molecule has 0 spiro atoms. The average Bonchev–Trinajstić information content (AvgIpc) is 1.85. The standard InChI is InChI=1S/C2H8I2N2O2Si2/c1-9(3-5)7-10(2,4-6)8-9/h5-6H,1-2H3. The lowest BCUT2D eigenvalue weighted by Gasteiger charge is -2.43. The zero-order valence-corrected chi connectivity index (χ0v) is 11.9. The molecule has 0 aromatic carbocycles. The van der Waals surface area contributed by atoms with Gasteiger partial charge in [0.2, 0.25) is 0 Å². The van der Waals surface area contributed by atoms with Crippen LogP contribution >= 0.6 is 40.5 Å². The highest BCUT2D eigenvalue weighted by molar-refractivity contribution is 14.2. The third-order valence-electron chi connectivity index (χ3n) is 1.07. The highest BCUT2D eigenvalue weighted by atomic mass is 127. The fourth-order valence-corrected chi connectivity index (χ4v) is 33.3. The van der Waals surface area contributed by atoms with Crippen LogP contribution < -0.4 is 0 Å². The van der Waals surface area contributed by atoms with Gasteiger partial charge >= 0.3 is 12.1 Å². The molecular weight excluding hydrogens is 394 g/mol. The summed E-state index contributed by atoms with van der Waals surface area (Å²) in [5.74, 6) is 0. The lowest BCUT2D eigenvalue weighted by atomic mass is 11.9. The van der Waals surface area contributed by atoms with E-state index >= 15 is 0 Å². The summed E-state index contributed by atoms with van der Waals surface area (Å²) in [5, 5.41) is 0. The fraction of sp³-hybridized carbons (Fsp3) is 1.00. The zero-order chi connectivity index (χ0) is 7.83. The lowest BCUT2D eigenvalue weighted by molar-refractivity contribution is 0.284. The Labute approximate surface area is 80.2 Å². The van der Waals surface area contributed by atoms with E-state index in [1.807, 2.05) is 13.1 Å². The molecule has 0 aromatic rings. The van der Waals surface area contributed by atoms with Crippen molar-refractivity contribution in [3.63, 3.8) is 0 Å². The molecule has 0 unspecified atom stereocenters. The highest BCUT2D eigenvalue weighted by Crippen LogP contribution is 2.43. The van der Waals surface area contributed by atoms with Gasteiger partial charge in [-0.05, 0) is 13.1 Å². The molecule has 0 atom stereocenters. The van der Waals surface area contributed by atoms with Crippen LogP contribution in [-0.4, -0.2) is 12.1 Å². The van der Waals surface area contributed by atoms with Crippen molar-refractivity contribution in [2.75, 3.05) is 0 Å². The number of halogens is 2. The second-order valence-electron chi connectivity index (χ2n) is 2.06.